The molecule has 106 valence electrons. The van der Waals surface area contributed by atoms with Gasteiger partial charge in [0.2, 0.25) is 0 Å². The topological polar surface area (TPSA) is 66.9 Å². The third-order valence-electron chi connectivity index (χ3n) is 3.10. The Morgan fingerprint density at radius 3 is 2.35 bits per heavy atom. The van der Waals surface area contributed by atoms with Crippen molar-refractivity contribution < 1.29 is 19.1 Å². The van der Waals surface area contributed by atoms with E-state index in [1.54, 1.807) is 24.3 Å². The molecular weight excluding hydrogens is 260 g/mol. The van der Waals surface area contributed by atoms with Crippen LogP contribution in [0.1, 0.15) is 18.9 Å². The van der Waals surface area contributed by atoms with Crippen LogP contribution in [0, 0.1) is 0 Å². The fraction of sp³-hybridized carbons (Fsp3) is 0.357. The summed E-state index contributed by atoms with van der Waals surface area (Å²) in [7, 11) is 1.51. The number of nitrogens with zero attached hydrogens (tertiary/aromatic N) is 2. The first-order chi connectivity index (χ1) is 9.60. The van der Waals surface area contributed by atoms with Crippen LogP contribution in [-0.4, -0.2) is 41.3 Å². The minimum Gasteiger partial charge on any atom is -0.496 e. The molecule has 0 unspecified atom stereocenters. The zero-order valence-electron chi connectivity index (χ0n) is 11.5. The van der Waals surface area contributed by atoms with Crippen LogP contribution >= 0.6 is 0 Å². The summed E-state index contributed by atoms with van der Waals surface area (Å²) < 4.78 is 5.18. The Morgan fingerprint density at radius 2 is 1.70 bits per heavy atom. The zero-order valence-corrected chi connectivity index (χ0v) is 11.5. The molecule has 6 nitrogen and oxygen atoms in total. The van der Waals surface area contributed by atoms with E-state index in [9.17, 15) is 14.4 Å². The average Bonchev–Trinajstić information content (AvgIpc) is 2.66. The molecule has 6 heteroatoms. The van der Waals surface area contributed by atoms with Crippen molar-refractivity contribution in [3.05, 3.63) is 29.8 Å². The van der Waals surface area contributed by atoms with E-state index < -0.39 is 17.8 Å². The molecule has 0 bridgehead atoms. The minimum absolute atomic E-state index is 0.0354. The maximum atomic E-state index is 12.1. The fourth-order valence-electron chi connectivity index (χ4n) is 2.11. The second-order valence-corrected chi connectivity index (χ2v) is 4.44. The highest BCUT2D eigenvalue weighted by Gasteiger charge is 2.43. The van der Waals surface area contributed by atoms with Crippen LogP contribution in [0.4, 0.5) is 4.79 Å². The Balaban J connectivity index is 2.23. The highest BCUT2D eigenvalue weighted by Crippen LogP contribution is 2.22. The van der Waals surface area contributed by atoms with Gasteiger partial charge < -0.3 is 4.74 Å². The molecular formula is C14H16N2O4. The van der Waals surface area contributed by atoms with E-state index in [2.05, 4.69) is 0 Å². The highest BCUT2D eigenvalue weighted by molar-refractivity contribution is 6.44. The fourth-order valence-corrected chi connectivity index (χ4v) is 2.11. The number of amides is 4. The Hall–Kier alpha value is -2.37. The lowest BCUT2D eigenvalue weighted by molar-refractivity contribution is -0.143. The van der Waals surface area contributed by atoms with Crippen LogP contribution in [0.25, 0.3) is 0 Å². The maximum Gasteiger partial charge on any atom is 0.334 e. The summed E-state index contributed by atoms with van der Waals surface area (Å²) in [6.07, 6.45) is 0.618. The number of hydrogen-bond donors (Lipinski definition) is 0. The summed E-state index contributed by atoms with van der Waals surface area (Å²) >= 11 is 0. The largest absolute Gasteiger partial charge is 0.496 e. The summed E-state index contributed by atoms with van der Waals surface area (Å²) in [5.41, 5.74) is 0.683. The number of rotatable bonds is 5. The van der Waals surface area contributed by atoms with Crippen LogP contribution < -0.4 is 4.74 Å². The predicted octanol–water partition coefficient (Wildman–Crippen LogP) is 1.40. The molecule has 0 N–H and O–H groups in total. The number of carbonyl (C=O) groups is 3. The zero-order chi connectivity index (χ0) is 14.7. The van der Waals surface area contributed by atoms with E-state index in [-0.39, 0.29) is 13.1 Å². The Morgan fingerprint density at radius 1 is 1.05 bits per heavy atom. The van der Waals surface area contributed by atoms with Gasteiger partial charge in [-0.1, -0.05) is 25.1 Å². The van der Waals surface area contributed by atoms with Crippen molar-refractivity contribution in [2.24, 2.45) is 0 Å². The van der Waals surface area contributed by atoms with Gasteiger partial charge in [0.05, 0.1) is 13.7 Å². The molecule has 1 aliphatic heterocycles. The normalized spacial score (nSPS) is 15.2. The first-order valence-corrected chi connectivity index (χ1v) is 6.39. The van der Waals surface area contributed by atoms with Gasteiger partial charge in [0, 0.05) is 12.1 Å². The summed E-state index contributed by atoms with van der Waals surface area (Å²) in [6, 6.07) is 6.52. The van der Waals surface area contributed by atoms with E-state index in [1.165, 1.54) is 7.11 Å². The van der Waals surface area contributed by atoms with Gasteiger partial charge in [-0.2, -0.15) is 0 Å². The molecule has 0 atom stereocenters. The van der Waals surface area contributed by atoms with Crippen LogP contribution in [0.3, 0.4) is 0 Å². The first-order valence-electron chi connectivity index (χ1n) is 6.39. The molecule has 1 aromatic rings. The van der Waals surface area contributed by atoms with Crippen molar-refractivity contribution in [2.45, 2.75) is 19.9 Å². The third kappa shape index (κ3) is 2.36. The molecule has 1 aliphatic rings. The smallest absolute Gasteiger partial charge is 0.334 e. The minimum atomic E-state index is -0.783. The molecule has 0 aromatic heterocycles. The van der Waals surface area contributed by atoms with E-state index >= 15 is 0 Å². The molecule has 1 aromatic carbocycles. The number of imide groups is 2. The molecule has 20 heavy (non-hydrogen) atoms. The van der Waals surface area contributed by atoms with Gasteiger partial charge in [-0.15, -0.1) is 0 Å². The summed E-state index contributed by atoms with van der Waals surface area (Å²) in [5.74, 6) is -0.962. The van der Waals surface area contributed by atoms with Gasteiger partial charge in [-0.05, 0) is 12.5 Å². The lowest BCUT2D eigenvalue weighted by Gasteiger charge is -2.16. The Bertz CT molecular complexity index is 556. The number of hydrogen-bond acceptors (Lipinski definition) is 4. The number of carbonyl (C=O) groups excluding carboxylic acids is 3. The molecule has 0 radical (unpaired) electrons. The molecule has 0 saturated carbocycles. The maximum absolute atomic E-state index is 12.1. The second kappa shape index (κ2) is 5.73. The molecule has 4 amide bonds. The second-order valence-electron chi connectivity index (χ2n) is 4.44. The number of urea groups is 1. The SMILES string of the molecule is CCCN1C(=O)C(=O)N(Cc2ccccc2OC)C1=O. The first kappa shape index (κ1) is 14.0. The van der Waals surface area contributed by atoms with Crippen molar-refractivity contribution >= 4 is 17.8 Å². The van der Waals surface area contributed by atoms with Gasteiger partial charge in [-0.25, -0.2) is 4.79 Å². The van der Waals surface area contributed by atoms with Crippen LogP contribution in [0.5, 0.6) is 5.75 Å². The Labute approximate surface area is 116 Å². The van der Waals surface area contributed by atoms with E-state index in [1.807, 2.05) is 6.92 Å². The third-order valence-corrected chi connectivity index (χ3v) is 3.10. The molecule has 1 fully saturated rings. The lowest BCUT2D eigenvalue weighted by Crippen LogP contribution is -2.33. The van der Waals surface area contributed by atoms with Gasteiger partial charge in [0.15, 0.2) is 0 Å². The van der Waals surface area contributed by atoms with Gasteiger partial charge in [-0.3, -0.25) is 19.4 Å². The molecule has 2 rings (SSSR count). The summed E-state index contributed by atoms with van der Waals surface area (Å²) in [5, 5.41) is 0. The van der Waals surface area contributed by atoms with E-state index in [0.29, 0.717) is 17.7 Å². The average molecular weight is 276 g/mol. The number of methoxy groups -OCH3 is 1. The highest BCUT2D eigenvalue weighted by atomic mass is 16.5. The van der Waals surface area contributed by atoms with Crippen molar-refractivity contribution in [2.75, 3.05) is 13.7 Å². The number of benzene rings is 1. The molecule has 1 heterocycles. The molecule has 0 spiro atoms. The number of para-hydroxylation sites is 1. The summed E-state index contributed by atoms with van der Waals surface area (Å²) in [6.45, 7) is 2.13. The van der Waals surface area contributed by atoms with Crippen molar-refractivity contribution in [1.82, 2.24) is 9.80 Å². The van der Waals surface area contributed by atoms with Crippen molar-refractivity contribution in [1.29, 1.82) is 0 Å². The standard InChI is InChI=1S/C14H16N2O4/c1-3-8-15-12(17)13(18)16(14(15)19)9-10-6-4-5-7-11(10)20-2/h4-7H,3,8-9H2,1-2H3. The number of ether oxygens (including phenoxy) is 1. The lowest BCUT2D eigenvalue weighted by atomic mass is 10.2. The summed E-state index contributed by atoms with van der Waals surface area (Å²) in [4.78, 5) is 37.6. The monoisotopic (exact) mass is 276 g/mol. The van der Waals surface area contributed by atoms with Crippen LogP contribution in [-0.2, 0) is 16.1 Å². The van der Waals surface area contributed by atoms with E-state index in [0.717, 1.165) is 9.80 Å². The van der Waals surface area contributed by atoms with Gasteiger partial charge >= 0.3 is 17.8 Å². The van der Waals surface area contributed by atoms with Gasteiger partial charge in [0.1, 0.15) is 5.75 Å². The van der Waals surface area contributed by atoms with Crippen molar-refractivity contribution in [3.63, 3.8) is 0 Å². The predicted molar refractivity (Wildman–Crippen MR) is 70.9 cm³/mol. The van der Waals surface area contributed by atoms with Gasteiger partial charge in [0.25, 0.3) is 0 Å². The van der Waals surface area contributed by atoms with Crippen molar-refractivity contribution in [3.8, 4) is 5.75 Å². The van der Waals surface area contributed by atoms with Crippen LogP contribution in [0.15, 0.2) is 24.3 Å². The quantitative estimate of drug-likeness (QED) is 0.602. The Kier molecular flexibility index (Phi) is 4.02. The van der Waals surface area contributed by atoms with E-state index in [4.69, 9.17) is 4.74 Å². The molecule has 1 saturated heterocycles. The van der Waals surface area contributed by atoms with Crippen LogP contribution in [0.2, 0.25) is 0 Å². The molecule has 0 aliphatic carbocycles.